The van der Waals surface area contributed by atoms with Crippen LogP contribution in [0.3, 0.4) is 0 Å². The van der Waals surface area contributed by atoms with Crippen molar-refractivity contribution in [3.63, 3.8) is 0 Å². The van der Waals surface area contributed by atoms with Crippen LogP contribution in [-0.4, -0.2) is 25.9 Å². The van der Waals surface area contributed by atoms with Crippen LogP contribution in [-0.2, 0) is 17.6 Å². The second kappa shape index (κ2) is 6.97. The Morgan fingerprint density at radius 1 is 1.15 bits per heavy atom. The van der Waals surface area contributed by atoms with E-state index in [0.29, 0.717) is 13.0 Å². The van der Waals surface area contributed by atoms with Crippen LogP contribution in [0, 0.1) is 0 Å². The van der Waals surface area contributed by atoms with Crippen molar-refractivity contribution in [1.82, 2.24) is 0 Å². The van der Waals surface area contributed by atoms with Crippen LogP contribution in [0.25, 0.3) is 0 Å². The first-order chi connectivity index (χ1) is 9.56. The summed E-state index contributed by atoms with van der Waals surface area (Å²) in [5, 5.41) is 3.31. The largest absolute Gasteiger partial charge is 0.411 e. The minimum absolute atomic E-state index is 0.127. The molecule has 0 atom stereocenters. The Morgan fingerprint density at radius 2 is 1.95 bits per heavy atom. The van der Waals surface area contributed by atoms with Crippen molar-refractivity contribution < 1.29 is 17.9 Å². The third-order valence-electron chi connectivity index (χ3n) is 3.44. The van der Waals surface area contributed by atoms with Crippen LogP contribution in [0.15, 0.2) is 18.2 Å². The van der Waals surface area contributed by atoms with Gasteiger partial charge in [0, 0.05) is 18.8 Å². The summed E-state index contributed by atoms with van der Waals surface area (Å²) in [5.74, 6) is 0. The highest BCUT2D eigenvalue weighted by atomic mass is 19.4. The molecule has 0 fully saturated rings. The SMILES string of the molecule is FC(F)(F)COCCCNc1cccc2c1CCCC2. The van der Waals surface area contributed by atoms with Crippen molar-refractivity contribution in [2.24, 2.45) is 0 Å². The summed E-state index contributed by atoms with van der Waals surface area (Å²) in [4.78, 5) is 0. The fourth-order valence-corrected chi connectivity index (χ4v) is 2.53. The number of nitrogens with one attached hydrogen (secondary N) is 1. The maximum atomic E-state index is 11.9. The van der Waals surface area contributed by atoms with Crippen molar-refractivity contribution in [2.45, 2.75) is 38.3 Å². The zero-order chi connectivity index (χ0) is 14.4. The van der Waals surface area contributed by atoms with Gasteiger partial charge in [0.2, 0.25) is 0 Å². The van der Waals surface area contributed by atoms with Gasteiger partial charge >= 0.3 is 6.18 Å². The molecule has 0 radical (unpaired) electrons. The summed E-state index contributed by atoms with van der Waals surface area (Å²) < 4.78 is 40.2. The molecule has 20 heavy (non-hydrogen) atoms. The highest BCUT2D eigenvalue weighted by Crippen LogP contribution is 2.27. The van der Waals surface area contributed by atoms with Crippen LogP contribution >= 0.6 is 0 Å². The fraction of sp³-hybridized carbons (Fsp3) is 0.600. The molecule has 0 unspecified atom stereocenters. The molecule has 0 aliphatic heterocycles. The van der Waals surface area contributed by atoms with Crippen LogP contribution in [0.5, 0.6) is 0 Å². The monoisotopic (exact) mass is 287 g/mol. The maximum absolute atomic E-state index is 11.9. The predicted molar refractivity (Wildman–Crippen MR) is 73.1 cm³/mol. The van der Waals surface area contributed by atoms with Crippen LogP contribution in [0.4, 0.5) is 18.9 Å². The number of ether oxygens (including phenoxy) is 1. The third-order valence-corrected chi connectivity index (χ3v) is 3.44. The van der Waals surface area contributed by atoms with Gasteiger partial charge in [-0.15, -0.1) is 0 Å². The number of hydrogen-bond acceptors (Lipinski definition) is 2. The Bertz CT molecular complexity index is 432. The number of alkyl halides is 3. The van der Waals surface area contributed by atoms with E-state index in [0.717, 1.165) is 18.5 Å². The van der Waals surface area contributed by atoms with Gasteiger partial charge in [-0.25, -0.2) is 0 Å². The number of benzene rings is 1. The van der Waals surface area contributed by atoms with Crippen molar-refractivity contribution >= 4 is 5.69 Å². The molecule has 2 rings (SSSR count). The smallest absolute Gasteiger partial charge is 0.385 e. The molecule has 2 nitrogen and oxygen atoms in total. The zero-order valence-corrected chi connectivity index (χ0v) is 11.4. The first kappa shape index (κ1) is 15.2. The van der Waals surface area contributed by atoms with Gasteiger partial charge in [-0.3, -0.25) is 0 Å². The summed E-state index contributed by atoms with van der Waals surface area (Å²) in [7, 11) is 0. The van der Waals surface area contributed by atoms with Gasteiger partial charge in [0.1, 0.15) is 6.61 Å². The van der Waals surface area contributed by atoms with E-state index in [2.05, 4.69) is 16.1 Å². The second-order valence-electron chi connectivity index (χ2n) is 5.10. The predicted octanol–water partition coefficient (Wildman–Crippen LogP) is 3.95. The van der Waals surface area contributed by atoms with Crippen LogP contribution in [0.1, 0.15) is 30.4 Å². The van der Waals surface area contributed by atoms with Gasteiger partial charge in [-0.05, 0) is 49.3 Å². The Balaban J connectivity index is 1.72. The van der Waals surface area contributed by atoms with Crippen molar-refractivity contribution in [3.8, 4) is 0 Å². The maximum Gasteiger partial charge on any atom is 0.411 e. The molecule has 0 saturated carbocycles. The molecule has 0 heterocycles. The van der Waals surface area contributed by atoms with Crippen molar-refractivity contribution in [2.75, 3.05) is 25.1 Å². The highest BCUT2D eigenvalue weighted by molar-refractivity contribution is 5.55. The van der Waals surface area contributed by atoms with E-state index in [4.69, 9.17) is 0 Å². The second-order valence-corrected chi connectivity index (χ2v) is 5.10. The summed E-state index contributed by atoms with van der Waals surface area (Å²) in [6, 6.07) is 6.24. The van der Waals surface area contributed by atoms with Gasteiger partial charge in [0.05, 0.1) is 0 Å². The molecule has 1 N–H and O–H groups in total. The molecule has 0 bridgehead atoms. The Kier molecular flexibility index (Phi) is 5.29. The number of rotatable bonds is 6. The van der Waals surface area contributed by atoms with E-state index in [-0.39, 0.29) is 6.61 Å². The number of aryl methyl sites for hydroxylation is 1. The molecule has 0 saturated heterocycles. The van der Waals surface area contributed by atoms with E-state index in [1.807, 2.05) is 12.1 Å². The van der Waals surface area contributed by atoms with Crippen molar-refractivity contribution in [3.05, 3.63) is 29.3 Å². The molecule has 1 aliphatic rings. The van der Waals surface area contributed by atoms with Crippen molar-refractivity contribution in [1.29, 1.82) is 0 Å². The molecule has 5 heteroatoms. The molecule has 112 valence electrons. The minimum atomic E-state index is -4.23. The molecule has 0 aromatic heterocycles. The lowest BCUT2D eigenvalue weighted by molar-refractivity contribution is -0.173. The number of fused-ring (bicyclic) bond motifs is 1. The molecule has 0 spiro atoms. The summed E-state index contributed by atoms with van der Waals surface area (Å²) in [5.41, 5.74) is 3.89. The molecule has 1 aromatic carbocycles. The molecule has 0 amide bonds. The standard InChI is InChI=1S/C15H20F3NO/c16-15(17,18)11-20-10-4-9-19-14-8-3-6-12-5-1-2-7-13(12)14/h3,6,8,19H,1-2,4-5,7,9-11H2. The average Bonchev–Trinajstić information content (AvgIpc) is 2.41. The average molecular weight is 287 g/mol. The number of halogens is 3. The van der Waals surface area contributed by atoms with Crippen LogP contribution in [0.2, 0.25) is 0 Å². The van der Waals surface area contributed by atoms with Crippen LogP contribution < -0.4 is 5.32 Å². The van der Waals surface area contributed by atoms with Gasteiger partial charge < -0.3 is 10.1 Å². The highest BCUT2D eigenvalue weighted by Gasteiger charge is 2.27. The zero-order valence-electron chi connectivity index (χ0n) is 11.4. The van der Waals surface area contributed by atoms with Gasteiger partial charge in [-0.1, -0.05) is 12.1 Å². The lowest BCUT2D eigenvalue weighted by atomic mass is 9.90. The summed E-state index contributed by atoms with van der Waals surface area (Å²) >= 11 is 0. The molecule has 1 aromatic rings. The Hall–Kier alpha value is -1.23. The fourth-order valence-electron chi connectivity index (χ4n) is 2.53. The molecule has 1 aliphatic carbocycles. The van der Waals surface area contributed by atoms with E-state index in [1.165, 1.54) is 24.0 Å². The Morgan fingerprint density at radius 3 is 2.75 bits per heavy atom. The van der Waals surface area contributed by atoms with E-state index >= 15 is 0 Å². The van der Waals surface area contributed by atoms with Gasteiger partial charge in [0.15, 0.2) is 0 Å². The first-order valence-electron chi connectivity index (χ1n) is 7.05. The van der Waals surface area contributed by atoms with E-state index < -0.39 is 12.8 Å². The normalized spacial score (nSPS) is 14.9. The minimum Gasteiger partial charge on any atom is -0.385 e. The lowest BCUT2D eigenvalue weighted by Gasteiger charge is -2.20. The topological polar surface area (TPSA) is 21.3 Å². The lowest BCUT2D eigenvalue weighted by Crippen LogP contribution is -2.18. The summed E-state index contributed by atoms with van der Waals surface area (Å²) in [6.45, 7) is -0.399. The van der Waals surface area contributed by atoms with E-state index in [9.17, 15) is 13.2 Å². The van der Waals surface area contributed by atoms with Gasteiger partial charge in [-0.2, -0.15) is 13.2 Å². The van der Waals surface area contributed by atoms with Gasteiger partial charge in [0.25, 0.3) is 0 Å². The number of anilines is 1. The quantitative estimate of drug-likeness (QED) is 0.800. The summed E-state index contributed by atoms with van der Waals surface area (Å²) in [6.07, 6.45) is 0.996. The first-order valence-corrected chi connectivity index (χ1v) is 7.05. The molecular weight excluding hydrogens is 267 g/mol. The van der Waals surface area contributed by atoms with E-state index in [1.54, 1.807) is 0 Å². The third kappa shape index (κ3) is 4.71. The number of hydrogen-bond donors (Lipinski definition) is 1. The molecular formula is C15H20F3NO. The Labute approximate surface area is 117 Å².